The average Bonchev–Trinajstić information content (AvgIpc) is 3.20. The first-order chi connectivity index (χ1) is 13.4. The molecule has 1 unspecified atom stereocenters. The molecule has 0 bridgehead atoms. The fraction of sp³-hybridized carbons (Fsp3) is 0.579. The van der Waals surface area contributed by atoms with Crippen molar-refractivity contribution >= 4 is 15.9 Å². The summed E-state index contributed by atoms with van der Waals surface area (Å²) in [6.45, 7) is 2.96. The molecule has 9 heteroatoms. The summed E-state index contributed by atoms with van der Waals surface area (Å²) < 4.78 is 32.7. The maximum atomic E-state index is 12.9. The first kappa shape index (κ1) is 20.7. The number of carbonyl (C=O) groups excluding carboxylic acids is 1. The first-order valence-electron chi connectivity index (χ1n) is 9.49. The van der Waals surface area contributed by atoms with Gasteiger partial charge in [-0.25, -0.2) is 8.42 Å². The molecule has 0 aliphatic carbocycles. The highest BCUT2D eigenvalue weighted by atomic mass is 32.2. The van der Waals surface area contributed by atoms with Gasteiger partial charge in [-0.15, -0.1) is 0 Å². The van der Waals surface area contributed by atoms with Crippen LogP contribution in [-0.4, -0.2) is 87.5 Å². The zero-order chi connectivity index (χ0) is 20.1. The van der Waals surface area contributed by atoms with Gasteiger partial charge in [0, 0.05) is 39.3 Å². The van der Waals surface area contributed by atoms with Crippen molar-refractivity contribution in [1.82, 2.24) is 14.1 Å². The van der Waals surface area contributed by atoms with Crippen molar-refractivity contribution in [2.45, 2.75) is 23.8 Å². The molecule has 2 saturated heterocycles. The number of nitrogens with zero attached hydrogens (tertiary/aromatic N) is 4. The number of sulfonamides is 1. The van der Waals surface area contributed by atoms with Crippen molar-refractivity contribution < 1.29 is 17.9 Å². The van der Waals surface area contributed by atoms with Crippen LogP contribution in [0.25, 0.3) is 0 Å². The largest absolute Gasteiger partial charge is 0.377 e. The second-order valence-corrected chi connectivity index (χ2v) is 9.13. The van der Waals surface area contributed by atoms with Gasteiger partial charge < -0.3 is 9.64 Å². The highest BCUT2D eigenvalue weighted by molar-refractivity contribution is 7.89. The van der Waals surface area contributed by atoms with Crippen molar-refractivity contribution in [3.05, 3.63) is 29.8 Å². The van der Waals surface area contributed by atoms with E-state index in [9.17, 15) is 18.5 Å². The Bertz CT molecular complexity index is 838. The van der Waals surface area contributed by atoms with E-state index in [4.69, 9.17) is 4.74 Å². The molecular formula is C19H26N4O4S. The minimum Gasteiger partial charge on any atom is -0.377 e. The quantitative estimate of drug-likeness (QED) is 0.683. The van der Waals surface area contributed by atoms with E-state index in [0.29, 0.717) is 19.6 Å². The van der Waals surface area contributed by atoms with E-state index < -0.39 is 10.0 Å². The summed E-state index contributed by atoms with van der Waals surface area (Å²) in [5, 5.41) is 9.18. The Kier molecular flexibility index (Phi) is 6.67. The molecule has 2 aliphatic rings. The van der Waals surface area contributed by atoms with Crippen molar-refractivity contribution in [3.8, 4) is 6.07 Å². The van der Waals surface area contributed by atoms with Crippen LogP contribution in [0.5, 0.6) is 0 Å². The van der Waals surface area contributed by atoms with E-state index in [1.807, 2.05) is 18.0 Å². The van der Waals surface area contributed by atoms with Crippen molar-refractivity contribution in [2.75, 3.05) is 52.9 Å². The summed E-state index contributed by atoms with van der Waals surface area (Å²) >= 11 is 0. The van der Waals surface area contributed by atoms with Crippen LogP contribution in [0.3, 0.4) is 0 Å². The molecule has 3 rings (SSSR count). The third kappa shape index (κ3) is 4.70. The van der Waals surface area contributed by atoms with E-state index in [1.54, 1.807) is 17.0 Å². The molecule has 0 saturated carbocycles. The molecule has 0 radical (unpaired) electrons. The average molecular weight is 407 g/mol. The molecule has 8 nitrogen and oxygen atoms in total. The second kappa shape index (κ2) is 9.01. The molecule has 0 aromatic heterocycles. The molecule has 2 aliphatic heterocycles. The lowest BCUT2D eigenvalue weighted by Gasteiger charge is -2.35. The van der Waals surface area contributed by atoms with E-state index >= 15 is 0 Å². The van der Waals surface area contributed by atoms with Gasteiger partial charge in [-0.2, -0.15) is 9.57 Å². The SMILES string of the molecule is CN(CC(=O)N1CCN(S(=O)(=O)c2ccccc2C#N)CC1)CC1CCCO1. The van der Waals surface area contributed by atoms with Crippen molar-refractivity contribution in [1.29, 1.82) is 5.26 Å². The highest BCUT2D eigenvalue weighted by Crippen LogP contribution is 2.21. The molecule has 152 valence electrons. The zero-order valence-corrected chi connectivity index (χ0v) is 16.9. The van der Waals surface area contributed by atoms with E-state index in [1.165, 1.54) is 16.4 Å². The van der Waals surface area contributed by atoms with Gasteiger partial charge in [-0.05, 0) is 32.0 Å². The fourth-order valence-corrected chi connectivity index (χ4v) is 5.20. The Morgan fingerprint density at radius 3 is 2.64 bits per heavy atom. The smallest absolute Gasteiger partial charge is 0.244 e. The predicted octanol–water partition coefficient (Wildman–Crippen LogP) is 0.502. The summed E-state index contributed by atoms with van der Waals surface area (Å²) in [6.07, 6.45) is 2.29. The number of nitriles is 1. The number of benzene rings is 1. The summed E-state index contributed by atoms with van der Waals surface area (Å²) in [4.78, 5) is 16.2. The molecular weight excluding hydrogens is 380 g/mol. The summed E-state index contributed by atoms with van der Waals surface area (Å²) in [6, 6.07) is 8.13. The van der Waals surface area contributed by atoms with Gasteiger partial charge in [0.15, 0.2) is 0 Å². The lowest BCUT2D eigenvalue weighted by Crippen LogP contribution is -2.52. The minimum atomic E-state index is -3.75. The molecule has 1 aromatic rings. The van der Waals surface area contributed by atoms with E-state index in [0.717, 1.165) is 26.0 Å². The fourth-order valence-electron chi connectivity index (χ4n) is 3.63. The Labute approximate surface area is 166 Å². The molecule has 2 fully saturated rings. The Hall–Kier alpha value is -1.99. The van der Waals surface area contributed by atoms with Crippen LogP contribution in [-0.2, 0) is 19.6 Å². The van der Waals surface area contributed by atoms with Crippen LogP contribution in [0.2, 0.25) is 0 Å². The minimum absolute atomic E-state index is 0.00466. The lowest BCUT2D eigenvalue weighted by atomic mass is 10.2. The maximum Gasteiger partial charge on any atom is 0.244 e. The summed E-state index contributed by atoms with van der Waals surface area (Å²) in [5.74, 6) is -0.00466. The van der Waals surface area contributed by atoms with Crippen LogP contribution >= 0.6 is 0 Å². The summed E-state index contributed by atoms with van der Waals surface area (Å²) in [7, 11) is -1.84. The third-order valence-corrected chi connectivity index (χ3v) is 7.12. The van der Waals surface area contributed by atoms with Crippen LogP contribution in [0, 0.1) is 11.3 Å². The van der Waals surface area contributed by atoms with Gasteiger partial charge in [-0.1, -0.05) is 12.1 Å². The van der Waals surface area contributed by atoms with E-state index in [2.05, 4.69) is 0 Å². The molecule has 0 N–H and O–H groups in total. The molecule has 2 heterocycles. The van der Waals surface area contributed by atoms with Gasteiger partial charge in [0.1, 0.15) is 6.07 Å². The Morgan fingerprint density at radius 1 is 1.29 bits per heavy atom. The normalized spacial score (nSPS) is 21.0. The lowest BCUT2D eigenvalue weighted by molar-refractivity contribution is -0.133. The number of hydrogen-bond donors (Lipinski definition) is 0. The predicted molar refractivity (Wildman–Crippen MR) is 103 cm³/mol. The number of likely N-dealkylation sites (N-methyl/N-ethyl adjacent to an activating group) is 1. The van der Waals surface area contributed by atoms with Gasteiger partial charge in [0.25, 0.3) is 0 Å². The number of piperazine rings is 1. The van der Waals surface area contributed by atoms with Gasteiger partial charge in [0.2, 0.25) is 15.9 Å². The third-order valence-electron chi connectivity index (χ3n) is 5.16. The monoisotopic (exact) mass is 406 g/mol. The Balaban J connectivity index is 1.55. The molecule has 1 amide bonds. The van der Waals surface area contributed by atoms with Crippen LogP contribution < -0.4 is 0 Å². The standard InChI is InChI=1S/C19H26N4O4S/c1-21(14-17-6-4-12-27-17)15-19(24)22-8-10-23(11-9-22)28(25,26)18-7-3-2-5-16(18)13-20/h2-3,5,7,17H,4,6,8-12,14-15H2,1H3. The van der Waals surface area contributed by atoms with Gasteiger partial charge >= 0.3 is 0 Å². The van der Waals surface area contributed by atoms with Gasteiger partial charge in [0.05, 0.1) is 23.1 Å². The number of carbonyl (C=O) groups is 1. The topological polar surface area (TPSA) is 94.0 Å². The zero-order valence-electron chi connectivity index (χ0n) is 16.1. The maximum absolute atomic E-state index is 12.9. The number of ether oxygens (including phenoxy) is 1. The second-order valence-electron chi connectivity index (χ2n) is 7.22. The van der Waals surface area contributed by atoms with Gasteiger partial charge in [-0.3, -0.25) is 9.69 Å². The number of amides is 1. The van der Waals surface area contributed by atoms with Crippen LogP contribution in [0.15, 0.2) is 29.2 Å². The van der Waals surface area contributed by atoms with Crippen LogP contribution in [0.4, 0.5) is 0 Å². The molecule has 0 spiro atoms. The Morgan fingerprint density at radius 2 is 2.00 bits per heavy atom. The van der Waals surface area contributed by atoms with E-state index in [-0.39, 0.29) is 35.6 Å². The molecule has 28 heavy (non-hydrogen) atoms. The van der Waals surface area contributed by atoms with Crippen molar-refractivity contribution in [3.63, 3.8) is 0 Å². The molecule has 1 aromatic carbocycles. The number of rotatable bonds is 6. The van der Waals surface area contributed by atoms with Crippen LogP contribution in [0.1, 0.15) is 18.4 Å². The molecule has 1 atom stereocenters. The number of hydrogen-bond acceptors (Lipinski definition) is 6. The summed E-state index contributed by atoms with van der Waals surface area (Å²) in [5.41, 5.74) is 0.136. The first-order valence-corrected chi connectivity index (χ1v) is 10.9. The highest BCUT2D eigenvalue weighted by Gasteiger charge is 2.32. The van der Waals surface area contributed by atoms with Crippen molar-refractivity contribution in [2.24, 2.45) is 0 Å².